The molecule has 3 atom stereocenters. The first kappa shape index (κ1) is 16.0. The number of nitrogens with zero attached hydrogens (tertiary/aromatic N) is 1. The third-order valence-corrected chi connectivity index (χ3v) is 4.18. The minimum Gasteiger partial charge on any atom is -0.311 e. The average Bonchev–Trinajstić information content (AvgIpc) is 2.31. The average molecular weight is 254 g/mol. The zero-order valence-electron chi connectivity index (χ0n) is 13.2. The van der Waals surface area contributed by atoms with Gasteiger partial charge in [-0.05, 0) is 31.1 Å². The molecule has 3 unspecified atom stereocenters. The molecular formula is C16H34N2. The molecule has 1 saturated heterocycles. The lowest BCUT2D eigenvalue weighted by Crippen LogP contribution is -2.57. The normalized spacial score (nSPS) is 27.7. The second-order valence-electron chi connectivity index (χ2n) is 6.64. The standard InChI is InChI=1S/C16H34N2/c1-6-8-14(5)11-18-12-15(7-2)17-10-16(18)9-13(3)4/h13-17H,6-12H2,1-5H3. The van der Waals surface area contributed by atoms with Crippen molar-refractivity contribution < 1.29 is 0 Å². The van der Waals surface area contributed by atoms with Crippen molar-refractivity contribution in [1.29, 1.82) is 0 Å². The molecule has 0 bridgehead atoms. The fourth-order valence-electron chi connectivity index (χ4n) is 3.19. The van der Waals surface area contributed by atoms with Gasteiger partial charge in [-0.2, -0.15) is 0 Å². The first-order valence-corrected chi connectivity index (χ1v) is 8.04. The molecule has 0 spiro atoms. The summed E-state index contributed by atoms with van der Waals surface area (Å²) in [5.41, 5.74) is 0. The maximum absolute atomic E-state index is 3.72. The van der Waals surface area contributed by atoms with Gasteiger partial charge in [-0.1, -0.05) is 41.0 Å². The fraction of sp³-hybridized carbons (Fsp3) is 1.00. The van der Waals surface area contributed by atoms with Gasteiger partial charge in [0.15, 0.2) is 0 Å². The minimum atomic E-state index is 0.710. The van der Waals surface area contributed by atoms with Crippen LogP contribution in [0.4, 0.5) is 0 Å². The molecule has 1 aliphatic heterocycles. The zero-order valence-corrected chi connectivity index (χ0v) is 13.2. The topological polar surface area (TPSA) is 15.3 Å². The largest absolute Gasteiger partial charge is 0.311 e. The Kier molecular flexibility index (Phi) is 7.25. The lowest BCUT2D eigenvalue weighted by Gasteiger charge is -2.42. The van der Waals surface area contributed by atoms with Crippen molar-refractivity contribution in [3.8, 4) is 0 Å². The Balaban J connectivity index is 2.53. The van der Waals surface area contributed by atoms with Crippen molar-refractivity contribution in [3.63, 3.8) is 0 Å². The Morgan fingerprint density at radius 1 is 1.22 bits per heavy atom. The van der Waals surface area contributed by atoms with Gasteiger partial charge in [0.1, 0.15) is 0 Å². The summed E-state index contributed by atoms with van der Waals surface area (Å²) in [6.07, 6.45) is 5.28. The van der Waals surface area contributed by atoms with Gasteiger partial charge in [0.2, 0.25) is 0 Å². The molecule has 18 heavy (non-hydrogen) atoms. The molecule has 0 aliphatic carbocycles. The Labute approximate surface area is 115 Å². The summed E-state index contributed by atoms with van der Waals surface area (Å²) in [6.45, 7) is 15.4. The van der Waals surface area contributed by atoms with Crippen LogP contribution in [-0.2, 0) is 0 Å². The van der Waals surface area contributed by atoms with Gasteiger partial charge in [0.05, 0.1) is 0 Å². The van der Waals surface area contributed by atoms with Crippen molar-refractivity contribution in [2.75, 3.05) is 19.6 Å². The Bertz CT molecular complexity index is 215. The molecule has 0 saturated carbocycles. The van der Waals surface area contributed by atoms with Crippen LogP contribution in [0.5, 0.6) is 0 Å². The number of piperazine rings is 1. The number of hydrogen-bond donors (Lipinski definition) is 1. The summed E-state index contributed by atoms with van der Waals surface area (Å²) in [5.74, 6) is 1.65. The van der Waals surface area contributed by atoms with Crippen LogP contribution in [0.2, 0.25) is 0 Å². The molecule has 2 heteroatoms. The van der Waals surface area contributed by atoms with Gasteiger partial charge in [0.25, 0.3) is 0 Å². The zero-order chi connectivity index (χ0) is 13.5. The molecule has 0 aromatic carbocycles. The molecule has 0 aromatic rings. The first-order chi connectivity index (χ1) is 8.56. The second kappa shape index (κ2) is 8.16. The Morgan fingerprint density at radius 3 is 2.50 bits per heavy atom. The maximum Gasteiger partial charge on any atom is 0.0223 e. The van der Waals surface area contributed by atoms with Gasteiger partial charge in [-0.25, -0.2) is 0 Å². The second-order valence-corrected chi connectivity index (χ2v) is 6.64. The van der Waals surface area contributed by atoms with Crippen LogP contribution in [0.25, 0.3) is 0 Å². The van der Waals surface area contributed by atoms with Gasteiger partial charge in [0, 0.05) is 31.7 Å². The molecule has 108 valence electrons. The first-order valence-electron chi connectivity index (χ1n) is 8.04. The van der Waals surface area contributed by atoms with E-state index in [9.17, 15) is 0 Å². The van der Waals surface area contributed by atoms with Crippen LogP contribution in [-0.4, -0.2) is 36.6 Å². The van der Waals surface area contributed by atoms with Crippen LogP contribution in [0.3, 0.4) is 0 Å². The highest BCUT2D eigenvalue weighted by Gasteiger charge is 2.28. The monoisotopic (exact) mass is 254 g/mol. The summed E-state index contributed by atoms with van der Waals surface area (Å²) in [4.78, 5) is 2.77. The van der Waals surface area contributed by atoms with E-state index in [2.05, 4.69) is 44.8 Å². The van der Waals surface area contributed by atoms with Crippen molar-refractivity contribution in [1.82, 2.24) is 10.2 Å². The van der Waals surface area contributed by atoms with Crippen LogP contribution < -0.4 is 5.32 Å². The van der Waals surface area contributed by atoms with Crippen molar-refractivity contribution in [2.24, 2.45) is 11.8 Å². The number of rotatable bonds is 7. The molecule has 1 fully saturated rings. The van der Waals surface area contributed by atoms with Gasteiger partial charge in [-0.15, -0.1) is 0 Å². The quantitative estimate of drug-likeness (QED) is 0.748. The number of nitrogens with one attached hydrogen (secondary N) is 1. The van der Waals surface area contributed by atoms with Crippen LogP contribution in [0.1, 0.15) is 60.3 Å². The maximum atomic E-state index is 3.72. The molecule has 2 nitrogen and oxygen atoms in total. The van der Waals surface area contributed by atoms with Crippen molar-refractivity contribution in [2.45, 2.75) is 72.4 Å². The van der Waals surface area contributed by atoms with Crippen molar-refractivity contribution in [3.05, 3.63) is 0 Å². The highest BCUT2D eigenvalue weighted by Crippen LogP contribution is 2.19. The summed E-state index contributed by atoms with van der Waals surface area (Å²) in [7, 11) is 0. The molecular weight excluding hydrogens is 220 g/mol. The van der Waals surface area contributed by atoms with Gasteiger partial charge < -0.3 is 5.32 Å². The smallest absolute Gasteiger partial charge is 0.0223 e. The van der Waals surface area contributed by atoms with Gasteiger partial charge in [-0.3, -0.25) is 4.90 Å². The molecule has 1 N–H and O–H groups in total. The molecule has 1 rings (SSSR count). The molecule has 0 aromatic heterocycles. The number of hydrogen-bond acceptors (Lipinski definition) is 2. The van der Waals surface area contributed by atoms with E-state index in [-0.39, 0.29) is 0 Å². The van der Waals surface area contributed by atoms with E-state index in [1.165, 1.54) is 45.3 Å². The molecule has 0 radical (unpaired) electrons. The summed E-state index contributed by atoms with van der Waals surface area (Å²) < 4.78 is 0. The van der Waals surface area contributed by atoms with Crippen LogP contribution >= 0.6 is 0 Å². The summed E-state index contributed by atoms with van der Waals surface area (Å²) in [6, 6.07) is 1.47. The Morgan fingerprint density at radius 2 is 1.94 bits per heavy atom. The molecule has 1 aliphatic rings. The SMILES string of the molecule is CCCC(C)CN1CC(CC)NCC1CC(C)C. The van der Waals surface area contributed by atoms with E-state index in [0.717, 1.165) is 17.9 Å². The van der Waals surface area contributed by atoms with Crippen LogP contribution in [0.15, 0.2) is 0 Å². The lowest BCUT2D eigenvalue weighted by molar-refractivity contribution is 0.0955. The highest BCUT2D eigenvalue weighted by molar-refractivity contribution is 4.86. The van der Waals surface area contributed by atoms with E-state index in [0.29, 0.717) is 6.04 Å². The van der Waals surface area contributed by atoms with E-state index >= 15 is 0 Å². The molecule has 0 amide bonds. The van der Waals surface area contributed by atoms with Gasteiger partial charge >= 0.3 is 0 Å². The van der Waals surface area contributed by atoms with E-state index < -0.39 is 0 Å². The molecule has 1 heterocycles. The fourth-order valence-corrected chi connectivity index (χ4v) is 3.19. The van der Waals surface area contributed by atoms with Crippen LogP contribution in [0, 0.1) is 11.8 Å². The Hall–Kier alpha value is -0.0800. The predicted molar refractivity (Wildman–Crippen MR) is 81.0 cm³/mol. The summed E-state index contributed by atoms with van der Waals surface area (Å²) >= 11 is 0. The third-order valence-electron chi connectivity index (χ3n) is 4.18. The lowest BCUT2D eigenvalue weighted by atomic mass is 9.96. The predicted octanol–water partition coefficient (Wildman–Crippen LogP) is 3.52. The highest BCUT2D eigenvalue weighted by atomic mass is 15.2. The van der Waals surface area contributed by atoms with E-state index in [4.69, 9.17) is 0 Å². The van der Waals surface area contributed by atoms with E-state index in [1.54, 1.807) is 0 Å². The van der Waals surface area contributed by atoms with E-state index in [1.807, 2.05) is 0 Å². The minimum absolute atomic E-state index is 0.710. The van der Waals surface area contributed by atoms with Crippen molar-refractivity contribution >= 4 is 0 Å². The third kappa shape index (κ3) is 5.27. The summed E-state index contributed by atoms with van der Waals surface area (Å²) in [5, 5.41) is 3.72.